The first-order valence-electron chi connectivity index (χ1n) is 6.96. The number of carbonyl (C=O) groups is 2. The second-order valence-corrected chi connectivity index (χ2v) is 6.03. The Bertz CT molecular complexity index is 430. The van der Waals surface area contributed by atoms with Crippen LogP contribution in [0, 0.1) is 16.7 Å². The lowest BCUT2D eigenvalue weighted by Gasteiger charge is -2.45. The Morgan fingerprint density at radius 3 is 2.53 bits per heavy atom. The zero-order valence-corrected chi connectivity index (χ0v) is 11.7. The fourth-order valence-corrected chi connectivity index (χ4v) is 3.04. The Hall–Kier alpha value is -1.57. The summed E-state index contributed by atoms with van der Waals surface area (Å²) in [5, 5.41) is 12.3. The molecule has 0 bridgehead atoms. The molecule has 1 saturated heterocycles. The van der Waals surface area contributed by atoms with Crippen molar-refractivity contribution >= 4 is 11.8 Å². The number of carbonyl (C=O) groups excluding carboxylic acids is 2. The Balaban J connectivity index is 2.27. The summed E-state index contributed by atoms with van der Waals surface area (Å²) < 4.78 is 0. The molecule has 0 aromatic rings. The van der Waals surface area contributed by atoms with Crippen molar-refractivity contribution < 1.29 is 9.59 Å². The van der Waals surface area contributed by atoms with Crippen molar-refractivity contribution in [3.05, 3.63) is 0 Å². The summed E-state index contributed by atoms with van der Waals surface area (Å²) >= 11 is 0. The molecule has 5 nitrogen and oxygen atoms in total. The second-order valence-electron chi connectivity index (χ2n) is 6.03. The first-order chi connectivity index (χ1) is 8.94. The lowest BCUT2D eigenvalue weighted by atomic mass is 9.73. The molecule has 0 aromatic carbocycles. The van der Waals surface area contributed by atoms with Crippen LogP contribution >= 0.6 is 0 Å². The van der Waals surface area contributed by atoms with E-state index in [1.807, 2.05) is 0 Å². The maximum absolute atomic E-state index is 12.8. The van der Waals surface area contributed by atoms with Crippen LogP contribution in [0.25, 0.3) is 0 Å². The molecule has 1 saturated carbocycles. The molecular weight excluding hydrogens is 242 g/mol. The fraction of sp³-hybridized carbons (Fsp3) is 0.786. The van der Waals surface area contributed by atoms with Crippen molar-refractivity contribution in [1.82, 2.24) is 10.2 Å². The van der Waals surface area contributed by atoms with Gasteiger partial charge < -0.3 is 10.2 Å². The maximum Gasteiger partial charge on any atom is 0.245 e. The van der Waals surface area contributed by atoms with E-state index in [1.54, 1.807) is 18.7 Å². The number of piperazine rings is 1. The fourth-order valence-electron chi connectivity index (χ4n) is 3.04. The normalized spacial score (nSPS) is 25.3. The second kappa shape index (κ2) is 4.84. The summed E-state index contributed by atoms with van der Waals surface area (Å²) in [4.78, 5) is 26.3. The summed E-state index contributed by atoms with van der Waals surface area (Å²) in [5.41, 5.74) is -1.77. The van der Waals surface area contributed by atoms with Gasteiger partial charge in [0, 0.05) is 13.1 Å². The molecule has 104 valence electrons. The number of nitriles is 1. The van der Waals surface area contributed by atoms with Crippen LogP contribution in [-0.4, -0.2) is 35.3 Å². The number of rotatable bonds is 1. The predicted molar refractivity (Wildman–Crippen MR) is 69.9 cm³/mol. The highest BCUT2D eigenvalue weighted by Gasteiger charge is 2.49. The summed E-state index contributed by atoms with van der Waals surface area (Å²) in [7, 11) is 0. The third kappa shape index (κ3) is 2.20. The van der Waals surface area contributed by atoms with Crippen molar-refractivity contribution in [3.63, 3.8) is 0 Å². The van der Waals surface area contributed by atoms with Gasteiger partial charge in [0.2, 0.25) is 11.8 Å². The van der Waals surface area contributed by atoms with Gasteiger partial charge in [0.05, 0.1) is 6.07 Å². The minimum absolute atomic E-state index is 0.143. The van der Waals surface area contributed by atoms with E-state index in [-0.39, 0.29) is 11.8 Å². The van der Waals surface area contributed by atoms with E-state index < -0.39 is 11.0 Å². The van der Waals surface area contributed by atoms with Gasteiger partial charge in [-0.1, -0.05) is 19.3 Å². The standard InChI is InChI=1S/C14H21N3O2/c1-13(2)11(18)16-8-9-17(13)12(19)14(10-15)6-4-3-5-7-14/h3-9H2,1-2H3,(H,16,18). The van der Waals surface area contributed by atoms with Gasteiger partial charge in [-0.15, -0.1) is 0 Å². The maximum atomic E-state index is 12.8. The smallest absolute Gasteiger partial charge is 0.245 e. The quantitative estimate of drug-likeness (QED) is 0.772. The molecule has 5 heteroatoms. The van der Waals surface area contributed by atoms with Crippen LogP contribution in [-0.2, 0) is 9.59 Å². The van der Waals surface area contributed by atoms with Crippen LogP contribution in [0.3, 0.4) is 0 Å². The highest BCUT2D eigenvalue weighted by atomic mass is 16.2. The van der Waals surface area contributed by atoms with Gasteiger partial charge in [0.25, 0.3) is 0 Å². The number of nitrogens with zero attached hydrogens (tertiary/aromatic N) is 2. The van der Waals surface area contributed by atoms with Crippen molar-refractivity contribution in [2.24, 2.45) is 5.41 Å². The van der Waals surface area contributed by atoms with E-state index in [0.717, 1.165) is 19.3 Å². The molecule has 0 atom stereocenters. The van der Waals surface area contributed by atoms with Crippen LogP contribution in [0.4, 0.5) is 0 Å². The summed E-state index contributed by atoms with van der Waals surface area (Å²) in [6.07, 6.45) is 4.16. The first-order valence-corrected chi connectivity index (χ1v) is 6.96. The molecule has 1 heterocycles. The summed E-state index contributed by atoms with van der Waals surface area (Å²) in [6, 6.07) is 2.24. The van der Waals surface area contributed by atoms with Gasteiger partial charge in [-0.05, 0) is 26.7 Å². The molecule has 2 fully saturated rings. The van der Waals surface area contributed by atoms with Crippen LogP contribution in [0.5, 0.6) is 0 Å². The number of hydrogen-bond donors (Lipinski definition) is 1. The minimum Gasteiger partial charge on any atom is -0.352 e. The molecule has 0 radical (unpaired) electrons. The lowest BCUT2D eigenvalue weighted by Crippen LogP contribution is -2.65. The molecule has 2 rings (SSSR count). The third-order valence-electron chi connectivity index (χ3n) is 4.43. The lowest BCUT2D eigenvalue weighted by molar-refractivity contribution is -0.155. The van der Waals surface area contributed by atoms with Gasteiger partial charge in [-0.25, -0.2) is 0 Å². The summed E-state index contributed by atoms with van der Waals surface area (Å²) in [6.45, 7) is 4.44. The Labute approximate surface area is 113 Å². The highest BCUT2D eigenvalue weighted by Crippen LogP contribution is 2.39. The van der Waals surface area contributed by atoms with E-state index in [1.165, 1.54) is 0 Å². The van der Waals surface area contributed by atoms with Crippen molar-refractivity contribution in [1.29, 1.82) is 5.26 Å². The Kier molecular flexibility index (Phi) is 3.53. The van der Waals surface area contributed by atoms with Crippen molar-refractivity contribution in [2.45, 2.75) is 51.5 Å². The van der Waals surface area contributed by atoms with E-state index in [4.69, 9.17) is 0 Å². The van der Waals surface area contributed by atoms with Crippen LogP contribution in [0.2, 0.25) is 0 Å². The molecule has 1 aliphatic heterocycles. The Morgan fingerprint density at radius 1 is 1.32 bits per heavy atom. The number of amides is 2. The molecule has 0 unspecified atom stereocenters. The highest BCUT2D eigenvalue weighted by molar-refractivity contribution is 5.94. The predicted octanol–water partition coefficient (Wildman–Crippen LogP) is 1.20. The Morgan fingerprint density at radius 2 is 1.95 bits per heavy atom. The largest absolute Gasteiger partial charge is 0.352 e. The van der Waals surface area contributed by atoms with Crippen molar-refractivity contribution in [3.8, 4) is 6.07 Å². The average molecular weight is 263 g/mol. The zero-order chi connectivity index (χ0) is 14.1. The molecule has 0 spiro atoms. The van der Waals surface area contributed by atoms with E-state index in [9.17, 15) is 14.9 Å². The summed E-state index contributed by atoms with van der Waals surface area (Å²) in [5.74, 6) is -0.300. The van der Waals surface area contributed by atoms with E-state index >= 15 is 0 Å². The molecule has 2 amide bonds. The topological polar surface area (TPSA) is 73.2 Å². The first kappa shape index (κ1) is 13.9. The average Bonchev–Trinajstić information content (AvgIpc) is 2.42. The van der Waals surface area contributed by atoms with Crippen molar-refractivity contribution in [2.75, 3.05) is 13.1 Å². The van der Waals surface area contributed by atoms with Gasteiger partial charge in [-0.3, -0.25) is 9.59 Å². The van der Waals surface area contributed by atoms with Crippen LogP contribution in [0.15, 0.2) is 0 Å². The van der Waals surface area contributed by atoms with E-state index in [0.29, 0.717) is 25.9 Å². The number of hydrogen-bond acceptors (Lipinski definition) is 3. The van der Waals surface area contributed by atoms with Gasteiger partial charge >= 0.3 is 0 Å². The molecule has 1 N–H and O–H groups in total. The SMILES string of the molecule is CC1(C)C(=O)NCCN1C(=O)C1(C#N)CCCCC1. The third-order valence-corrected chi connectivity index (χ3v) is 4.43. The van der Waals surface area contributed by atoms with Gasteiger partial charge in [0.15, 0.2) is 0 Å². The van der Waals surface area contributed by atoms with E-state index in [2.05, 4.69) is 11.4 Å². The minimum atomic E-state index is -0.910. The van der Waals surface area contributed by atoms with Crippen LogP contribution < -0.4 is 5.32 Å². The zero-order valence-electron chi connectivity index (χ0n) is 11.7. The molecular formula is C14H21N3O2. The molecule has 2 aliphatic rings. The van der Waals surface area contributed by atoms with Gasteiger partial charge in [-0.2, -0.15) is 5.26 Å². The number of nitrogens with one attached hydrogen (secondary N) is 1. The van der Waals surface area contributed by atoms with Crippen LogP contribution in [0.1, 0.15) is 46.0 Å². The molecule has 19 heavy (non-hydrogen) atoms. The van der Waals surface area contributed by atoms with Gasteiger partial charge in [0.1, 0.15) is 11.0 Å². The molecule has 1 aliphatic carbocycles. The molecule has 0 aromatic heterocycles. The monoisotopic (exact) mass is 263 g/mol.